The Morgan fingerprint density at radius 1 is 0.900 bits per heavy atom. The average molecular weight is 420 g/mol. The summed E-state index contributed by atoms with van der Waals surface area (Å²) in [5, 5.41) is 12.9. The molecule has 0 aliphatic rings. The number of ether oxygens (including phenoxy) is 1. The Balaban J connectivity index is 3.47. The van der Waals surface area contributed by atoms with Crippen molar-refractivity contribution in [2.45, 2.75) is 105 Å². The molecule has 0 heterocycles. The van der Waals surface area contributed by atoms with Gasteiger partial charge in [0, 0.05) is 6.04 Å². The number of hydroxylamine groups is 2. The van der Waals surface area contributed by atoms with Crippen molar-refractivity contribution in [1.29, 1.82) is 0 Å². The number of hydrogen-bond acceptors (Lipinski definition) is 4. The van der Waals surface area contributed by atoms with Crippen LogP contribution < -0.4 is 0 Å². The highest BCUT2D eigenvalue weighted by atomic mass is 16.5. The highest BCUT2D eigenvalue weighted by Gasteiger charge is 2.32. The average Bonchev–Trinajstić information content (AvgIpc) is 2.68. The number of methoxy groups -OCH3 is 1. The summed E-state index contributed by atoms with van der Waals surface area (Å²) in [5.74, 6) is 0.885. The van der Waals surface area contributed by atoms with E-state index in [1.165, 1.54) is 34.4 Å². The van der Waals surface area contributed by atoms with Gasteiger partial charge in [-0.15, -0.1) is 0 Å². The fourth-order valence-electron chi connectivity index (χ4n) is 4.26. The Bertz CT molecular complexity index is 665. The van der Waals surface area contributed by atoms with E-state index >= 15 is 0 Å². The lowest BCUT2D eigenvalue weighted by Gasteiger charge is -2.37. The minimum atomic E-state index is -0.262. The highest BCUT2D eigenvalue weighted by Crippen LogP contribution is 2.39. The third-order valence-corrected chi connectivity index (χ3v) is 6.30. The minimum absolute atomic E-state index is 0.140. The lowest BCUT2D eigenvalue weighted by molar-refractivity contribution is -0.176. The zero-order valence-corrected chi connectivity index (χ0v) is 21.1. The monoisotopic (exact) mass is 419 g/mol. The lowest BCUT2D eigenvalue weighted by atomic mass is 9.81. The minimum Gasteiger partial charge on any atom is -0.469 e. The van der Waals surface area contributed by atoms with Gasteiger partial charge in [0.2, 0.25) is 0 Å². The zero-order chi connectivity index (χ0) is 23.3. The molecule has 30 heavy (non-hydrogen) atoms. The van der Waals surface area contributed by atoms with Crippen LogP contribution in [0.25, 0.3) is 0 Å². The second-order valence-electron chi connectivity index (χ2n) is 10.1. The van der Waals surface area contributed by atoms with E-state index < -0.39 is 0 Å². The van der Waals surface area contributed by atoms with Crippen LogP contribution in [0.5, 0.6) is 0 Å². The summed E-state index contributed by atoms with van der Waals surface area (Å²) in [4.78, 5) is 12.0. The summed E-state index contributed by atoms with van der Waals surface area (Å²) >= 11 is 0. The van der Waals surface area contributed by atoms with Crippen LogP contribution in [0, 0.1) is 11.8 Å². The normalized spacial score (nSPS) is 15.4. The molecule has 0 bridgehead atoms. The maximum atomic E-state index is 12.0. The molecular formula is C26H45NO3. The molecule has 1 N–H and O–H groups in total. The molecule has 1 aromatic rings. The quantitative estimate of drug-likeness (QED) is 0.326. The van der Waals surface area contributed by atoms with Crippen molar-refractivity contribution in [3.05, 3.63) is 34.4 Å². The first kappa shape index (κ1) is 26.6. The van der Waals surface area contributed by atoms with Crippen LogP contribution in [-0.2, 0) is 9.53 Å². The van der Waals surface area contributed by atoms with Gasteiger partial charge in [-0.05, 0) is 59.3 Å². The highest BCUT2D eigenvalue weighted by molar-refractivity contribution is 5.71. The van der Waals surface area contributed by atoms with Crippen LogP contribution in [-0.4, -0.2) is 29.4 Å². The van der Waals surface area contributed by atoms with Gasteiger partial charge in [-0.25, -0.2) is 0 Å². The van der Waals surface area contributed by atoms with E-state index in [1.807, 2.05) is 6.92 Å². The van der Waals surface area contributed by atoms with E-state index in [9.17, 15) is 10.0 Å². The fourth-order valence-corrected chi connectivity index (χ4v) is 4.26. The molecule has 1 aromatic carbocycles. The van der Waals surface area contributed by atoms with E-state index in [-0.39, 0.29) is 29.9 Å². The van der Waals surface area contributed by atoms with E-state index in [0.717, 1.165) is 0 Å². The summed E-state index contributed by atoms with van der Waals surface area (Å²) in [5.41, 5.74) is 5.19. The molecule has 0 saturated heterocycles. The van der Waals surface area contributed by atoms with Crippen molar-refractivity contribution in [2.75, 3.05) is 7.11 Å². The smallest absolute Gasteiger partial charge is 0.308 e. The molecule has 0 unspecified atom stereocenters. The molecule has 0 spiro atoms. The van der Waals surface area contributed by atoms with E-state index in [1.54, 1.807) is 0 Å². The largest absolute Gasteiger partial charge is 0.469 e. The molecule has 3 atom stereocenters. The maximum absolute atomic E-state index is 12.0. The number of nitrogens with zero attached hydrogens (tertiary/aromatic N) is 1. The molecule has 0 aliphatic heterocycles. The Labute approximate surface area is 185 Å². The molecule has 0 aliphatic carbocycles. The van der Waals surface area contributed by atoms with Crippen LogP contribution in [0.3, 0.4) is 0 Å². The Kier molecular flexibility index (Phi) is 10.0. The first-order chi connectivity index (χ1) is 13.8. The molecule has 0 fully saturated rings. The zero-order valence-electron chi connectivity index (χ0n) is 21.1. The van der Waals surface area contributed by atoms with Gasteiger partial charge in [-0.3, -0.25) is 4.79 Å². The first-order valence-electron chi connectivity index (χ1n) is 11.6. The predicted octanol–water partition coefficient (Wildman–Crippen LogP) is 7.03. The van der Waals surface area contributed by atoms with Crippen LogP contribution in [0.15, 0.2) is 12.1 Å². The summed E-state index contributed by atoms with van der Waals surface area (Å²) in [7, 11) is 1.42. The molecule has 4 heteroatoms. The van der Waals surface area contributed by atoms with Crippen molar-refractivity contribution in [3.63, 3.8) is 0 Å². The van der Waals surface area contributed by atoms with Crippen molar-refractivity contribution in [1.82, 2.24) is 5.06 Å². The number of rotatable bonds is 10. The van der Waals surface area contributed by atoms with Crippen molar-refractivity contribution >= 4 is 5.97 Å². The van der Waals surface area contributed by atoms with Gasteiger partial charge >= 0.3 is 5.97 Å². The second kappa shape index (κ2) is 11.3. The topological polar surface area (TPSA) is 49.8 Å². The van der Waals surface area contributed by atoms with E-state index in [4.69, 9.17) is 4.74 Å². The lowest BCUT2D eigenvalue weighted by Crippen LogP contribution is -2.41. The van der Waals surface area contributed by atoms with Gasteiger partial charge in [-0.2, -0.15) is 5.06 Å². The maximum Gasteiger partial charge on any atom is 0.308 e. The third-order valence-electron chi connectivity index (χ3n) is 6.30. The SMILES string of the molecule is COC(=O)[C@@H](C)C[C@H](C(C)C)N(O)[C@@H](C)c1c(C(C)C)cc(C(C)C)cc1C(C)C. The summed E-state index contributed by atoms with van der Waals surface area (Å²) in [6.45, 7) is 21.5. The number of carbonyl (C=O) groups is 1. The molecule has 0 radical (unpaired) electrons. The molecule has 0 amide bonds. The second-order valence-corrected chi connectivity index (χ2v) is 10.1. The molecule has 0 saturated carbocycles. The fraction of sp³-hybridized carbons (Fsp3) is 0.731. The summed E-state index contributed by atoms with van der Waals surface area (Å²) in [6.07, 6.45) is 0.559. The summed E-state index contributed by atoms with van der Waals surface area (Å²) in [6, 6.07) is 4.34. The number of esters is 1. The van der Waals surface area contributed by atoms with Crippen molar-refractivity contribution < 1.29 is 14.7 Å². The summed E-state index contributed by atoms with van der Waals surface area (Å²) < 4.78 is 4.92. The Morgan fingerprint density at radius 2 is 1.37 bits per heavy atom. The standard InChI is InChI=1S/C26H45NO3/c1-15(2)21-13-22(16(3)4)25(23(14-21)17(5)6)20(10)27(29)24(18(7)8)12-19(9)26(28)30-11/h13-20,24,29H,12H2,1-11H3/t19-,20-,24+/m0/s1. The van der Waals surface area contributed by atoms with Crippen LogP contribution in [0.1, 0.15) is 122 Å². The van der Waals surface area contributed by atoms with Gasteiger partial charge in [0.1, 0.15) is 0 Å². The first-order valence-corrected chi connectivity index (χ1v) is 11.6. The Hall–Kier alpha value is -1.39. The van der Waals surface area contributed by atoms with Crippen LogP contribution in [0.4, 0.5) is 0 Å². The molecular weight excluding hydrogens is 374 g/mol. The number of benzene rings is 1. The molecule has 0 aromatic heterocycles. The number of hydrogen-bond donors (Lipinski definition) is 1. The molecule has 4 nitrogen and oxygen atoms in total. The van der Waals surface area contributed by atoms with Crippen molar-refractivity contribution in [2.24, 2.45) is 11.8 Å². The van der Waals surface area contributed by atoms with Gasteiger partial charge in [-0.1, -0.05) is 74.4 Å². The van der Waals surface area contributed by atoms with Gasteiger partial charge in [0.25, 0.3) is 0 Å². The van der Waals surface area contributed by atoms with Gasteiger partial charge in [0.05, 0.1) is 19.1 Å². The van der Waals surface area contributed by atoms with Crippen molar-refractivity contribution in [3.8, 4) is 0 Å². The van der Waals surface area contributed by atoms with Gasteiger partial charge < -0.3 is 9.94 Å². The molecule has 172 valence electrons. The predicted molar refractivity (Wildman–Crippen MR) is 125 cm³/mol. The van der Waals surface area contributed by atoms with Gasteiger partial charge in [0.15, 0.2) is 0 Å². The number of carbonyl (C=O) groups excluding carboxylic acids is 1. The molecule has 1 rings (SSSR count). The third kappa shape index (κ3) is 6.31. The van der Waals surface area contributed by atoms with E-state index in [0.29, 0.717) is 24.2 Å². The van der Waals surface area contributed by atoms with Crippen LogP contribution in [0.2, 0.25) is 0 Å². The Morgan fingerprint density at radius 3 is 1.70 bits per heavy atom. The van der Waals surface area contributed by atoms with Crippen LogP contribution >= 0.6 is 0 Å². The van der Waals surface area contributed by atoms with E-state index in [2.05, 4.69) is 74.4 Å².